The number of carbonyl (C=O) groups is 1. The van der Waals surface area contributed by atoms with E-state index in [2.05, 4.69) is 4.74 Å². The number of alkyl halides is 1. The van der Waals surface area contributed by atoms with Gasteiger partial charge in [-0.15, -0.1) is 0 Å². The van der Waals surface area contributed by atoms with Crippen LogP contribution in [-0.2, 0) is 9.53 Å². The number of halogens is 1. The van der Waals surface area contributed by atoms with Crippen molar-refractivity contribution in [2.45, 2.75) is 4.11 Å². The number of carbonyl (C=O) groups excluding carboxylic acids is 1. The minimum atomic E-state index is -1.03. The van der Waals surface area contributed by atoms with Crippen LogP contribution in [0, 0.1) is 0 Å². The first-order chi connectivity index (χ1) is 3.18. The zero-order chi connectivity index (χ0) is 5.86. The highest BCUT2D eigenvalue weighted by Gasteiger charge is 2.07. The van der Waals surface area contributed by atoms with E-state index < -0.39 is 10.1 Å². The van der Waals surface area contributed by atoms with Gasteiger partial charge in [0.2, 0.25) is 4.11 Å². The fourth-order valence-corrected chi connectivity index (χ4v) is 0.352. The maximum atomic E-state index is 10.0. The number of hydrogen-bond acceptors (Lipinski definition) is 3. The van der Waals surface area contributed by atoms with Gasteiger partial charge >= 0.3 is 5.97 Å². The molecule has 0 aliphatic carbocycles. The molecule has 1 N–H and O–H groups in total. The molecule has 1 atom stereocenters. The topological polar surface area (TPSA) is 46.5 Å². The molecule has 0 aromatic heterocycles. The Balaban J connectivity index is 3.35. The third kappa shape index (κ3) is 2.81. The molecule has 4 heteroatoms. The van der Waals surface area contributed by atoms with E-state index in [9.17, 15) is 4.79 Å². The molecular weight excluding hydrogens is 211 g/mol. The molecule has 0 spiro atoms. The third-order valence-corrected chi connectivity index (χ3v) is 0.904. The van der Waals surface area contributed by atoms with Crippen molar-refractivity contribution in [3.8, 4) is 0 Å². The Labute approximate surface area is 54.8 Å². The molecule has 42 valence electrons. The van der Waals surface area contributed by atoms with Gasteiger partial charge in [-0.05, 0) is 22.6 Å². The van der Waals surface area contributed by atoms with Crippen LogP contribution in [-0.4, -0.2) is 22.3 Å². The molecule has 0 bridgehead atoms. The van der Waals surface area contributed by atoms with Crippen molar-refractivity contribution in [1.29, 1.82) is 0 Å². The number of hydrogen-bond donors (Lipinski definition) is 1. The van der Waals surface area contributed by atoms with Crippen molar-refractivity contribution >= 4 is 28.6 Å². The van der Waals surface area contributed by atoms with Crippen molar-refractivity contribution in [2.24, 2.45) is 0 Å². The largest absolute Gasteiger partial charge is 0.466 e. The minimum absolute atomic E-state index is 0.611. The normalized spacial score (nSPS) is 13.0. The van der Waals surface area contributed by atoms with E-state index in [1.165, 1.54) is 7.11 Å². The van der Waals surface area contributed by atoms with Crippen LogP contribution in [0.4, 0.5) is 0 Å². The zero-order valence-corrected chi connectivity index (χ0v) is 5.88. The van der Waals surface area contributed by atoms with Gasteiger partial charge in [-0.25, -0.2) is 4.79 Å². The first-order valence-corrected chi connectivity index (χ1v) is 2.83. The van der Waals surface area contributed by atoms with Crippen molar-refractivity contribution in [3.63, 3.8) is 0 Å². The maximum Gasteiger partial charge on any atom is 0.345 e. The quantitative estimate of drug-likeness (QED) is 0.378. The van der Waals surface area contributed by atoms with Crippen molar-refractivity contribution in [1.82, 2.24) is 0 Å². The fourth-order valence-electron chi connectivity index (χ4n) is 0.0972. The van der Waals surface area contributed by atoms with Gasteiger partial charge < -0.3 is 9.84 Å². The highest BCUT2D eigenvalue weighted by atomic mass is 127. The lowest BCUT2D eigenvalue weighted by atomic mass is 10.8. The molecule has 0 aliphatic rings. The number of rotatable bonds is 1. The Hall–Kier alpha value is 0.160. The van der Waals surface area contributed by atoms with E-state index in [1.807, 2.05) is 0 Å². The summed E-state index contributed by atoms with van der Waals surface area (Å²) < 4.78 is 3.09. The lowest BCUT2D eigenvalue weighted by Crippen LogP contribution is -2.13. The summed E-state index contributed by atoms with van der Waals surface area (Å²) in [6, 6.07) is 0. The first-order valence-electron chi connectivity index (χ1n) is 1.58. The van der Waals surface area contributed by atoms with Gasteiger partial charge in [0.15, 0.2) is 0 Å². The zero-order valence-electron chi connectivity index (χ0n) is 3.72. The number of aliphatic hydroxyl groups excluding tert-OH is 1. The number of esters is 1. The molecule has 0 saturated heterocycles. The van der Waals surface area contributed by atoms with E-state index in [4.69, 9.17) is 5.11 Å². The number of methoxy groups -OCH3 is 1. The van der Waals surface area contributed by atoms with Crippen molar-refractivity contribution < 1.29 is 14.6 Å². The van der Waals surface area contributed by atoms with Gasteiger partial charge in [0.25, 0.3) is 0 Å². The minimum Gasteiger partial charge on any atom is -0.466 e. The van der Waals surface area contributed by atoms with Gasteiger partial charge in [-0.2, -0.15) is 0 Å². The molecule has 3 nitrogen and oxygen atoms in total. The van der Waals surface area contributed by atoms with E-state index in [0.717, 1.165) is 0 Å². The Bertz CT molecular complexity index is 70.6. The van der Waals surface area contributed by atoms with Gasteiger partial charge in [0.05, 0.1) is 7.11 Å². The standard InChI is InChI=1S/C3H5IO3/c1-7-3(6)2(4)5/h2,5H,1H3. The molecule has 0 fully saturated rings. The van der Waals surface area contributed by atoms with E-state index >= 15 is 0 Å². The first kappa shape index (κ1) is 7.16. The van der Waals surface area contributed by atoms with Crippen molar-refractivity contribution in [2.75, 3.05) is 7.11 Å². The molecule has 0 saturated carbocycles. The second-order valence-electron chi connectivity index (χ2n) is 0.859. The molecule has 7 heavy (non-hydrogen) atoms. The Kier molecular flexibility index (Phi) is 3.27. The van der Waals surface area contributed by atoms with Gasteiger partial charge in [-0.3, -0.25) is 0 Å². The second kappa shape index (κ2) is 3.20. The van der Waals surface area contributed by atoms with Gasteiger partial charge in [0, 0.05) is 0 Å². The van der Waals surface area contributed by atoms with Crippen LogP contribution in [0.1, 0.15) is 0 Å². The molecular formula is C3H5IO3. The summed E-state index contributed by atoms with van der Waals surface area (Å²) in [7, 11) is 1.23. The van der Waals surface area contributed by atoms with Gasteiger partial charge in [0.1, 0.15) is 0 Å². The maximum absolute atomic E-state index is 10.0. The average Bonchev–Trinajstić information content (AvgIpc) is 1.65. The molecule has 0 heterocycles. The van der Waals surface area contributed by atoms with Crippen LogP contribution in [0.2, 0.25) is 0 Å². The lowest BCUT2D eigenvalue weighted by Gasteiger charge is -1.95. The molecule has 1 unspecified atom stereocenters. The summed E-state index contributed by atoms with van der Waals surface area (Å²) in [6.45, 7) is 0. The van der Waals surface area contributed by atoms with Crippen molar-refractivity contribution in [3.05, 3.63) is 0 Å². The average molecular weight is 216 g/mol. The predicted molar refractivity (Wildman–Crippen MR) is 32.0 cm³/mol. The highest BCUT2D eigenvalue weighted by molar-refractivity contribution is 14.1. The van der Waals surface area contributed by atoms with Crippen LogP contribution in [0.3, 0.4) is 0 Å². The summed E-state index contributed by atoms with van der Waals surface area (Å²) in [5.74, 6) is -0.611. The predicted octanol–water partition coefficient (Wildman–Crippen LogP) is -0.0872. The highest BCUT2D eigenvalue weighted by Crippen LogP contribution is 1.94. The fraction of sp³-hybridized carbons (Fsp3) is 0.667. The molecule has 0 amide bonds. The van der Waals surface area contributed by atoms with E-state index in [1.54, 1.807) is 22.6 Å². The van der Waals surface area contributed by atoms with Crippen LogP contribution >= 0.6 is 22.6 Å². The molecule has 0 aromatic carbocycles. The SMILES string of the molecule is COC(=O)C(O)I. The monoisotopic (exact) mass is 216 g/mol. The summed E-state index contributed by atoms with van der Waals surface area (Å²) in [5.41, 5.74) is 0. The van der Waals surface area contributed by atoms with Crippen LogP contribution < -0.4 is 0 Å². The molecule has 0 rings (SSSR count). The molecule has 0 radical (unpaired) electrons. The Morgan fingerprint density at radius 3 is 2.43 bits per heavy atom. The number of ether oxygens (including phenoxy) is 1. The summed E-state index contributed by atoms with van der Waals surface area (Å²) in [6.07, 6.45) is 0. The van der Waals surface area contributed by atoms with Crippen LogP contribution in [0.15, 0.2) is 0 Å². The Morgan fingerprint density at radius 1 is 2.00 bits per heavy atom. The number of aliphatic hydroxyl groups is 1. The smallest absolute Gasteiger partial charge is 0.345 e. The van der Waals surface area contributed by atoms with Crippen LogP contribution in [0.5, 0.6) is 0 Å². The van der Waals surface area contributed by atoms with Crippen LogP contribution in [0.25, 0.3) is 0 Å². The molecule has 0 aromatic rings. The second-order valence-corrected chi connectivity index (χ2v) is 2.04. The van der Waals surface area contributed by atoms with E-state index in [0.29, 0.717) is 0 Å². The summed E-state index contributed by atoms with van der Waals surface area (Å²) in [5, 5.41) is 8.33. The molecule has 0 aliphatic heterocycles. The van der Waals surface area contributed by atoms with Gasteiger partial charge in [-0.1, -0.05) is 0 Å². The third-order valence-electron chi connectivity index (χ3n) is 0.396. The summed E-state index contributed by atoms with van der Waals surface area (Å²) >= 11 is 1.55. The summed E-state index contributed by atoms with van der Waals surface area (Å²) in [4.78, 5) is 10.0. The van der Waals surface area contributed by atoms with E-state index in [-0.39, 0.29) is 0 Å². The Morgan fingerprint density at radius 2 is 2.43 bits per heavy atom. The lowest BCUT2D eigenvalue weighted by molar-refractivity contribution is -0.144.